The van der Waals surface area contributed by atoms with Crippen molar-refractivity contribution in [2.45, 2.75) is 63.6 Å². The smallest absolute Gasteiger partial charge is 0.326 e. The predicted octanol–water partition coefficient (Wildman–Crippen LogP) is 4.67. The highest BCUT2D eigenvalue weighted by Crippen LogP contribution is 2.43. The van der Waals surface area contributed by atoms with Gasteiger partial charge in [0.15, 0.2) is 5.82 Å². The number of hydrogen-bond donors (Lipinski definition) is 3. The van der Waals surface area contributed by atoms with Crippen LogP contribution in [-0.2, 0) is 11.2 Å². The van der Waals surface area contributed by atoms with E-state index in [1.807, 2.05) is 0 Å². The summed E-state index contributed by atoms with van der Waals surface area (Å²) in [4.78, 5) is 29.5. The van der Waals surface area contributed by atoms with E-state index >= 15 is 4.39 Å². The molecule has 12 heteroatoms. The number of halogens is 2. The van der Waals surface area contributed by atoms with Crippen LogP contribution in [0.1, 0.15) is 45.1 Å². The third kappa shape index (κ3) is 4.91. The molecule has 3 fully saturated rings. The molecule has 3 aliphatic heterocycles. The number of benzene rings is 2. The molecule has 0 unspecified atom stereocenters. The molecule has 45 heavy (non-hydrogen) atoms. The summed E-state index contributed by atoms with van der Waals surface area (Å²) in [5.74, 6) is -1.98. The maximum Gasteiger partial charge on any atom is 0.326 e. The largest absolute Gasteiger partial charge is 0.508 e. The van der Waals surface area contributed by atoms with Crippen molar-refractivity contribution in [3.05, 3.63) is 47.7 Å². The minimum atomic E-state index is -1.15. The van der Waals surface area contributed by atoms with Gasteiger partial charge in [-0.1, -0.05) is 19.9 Å². The number of carboxylic acid groups (broad SMARTS) is 1. The van der Waals surface area contributed by atoms with Gasteiger partial charge in [0.25, 0.3) is 0 Å². The van der Waals surface area contributed by atoms with Crippen LogP contribution in [0, 0.1) is 17.6 Å². The number of phenols is 1. The topological polar surface area (TPSA) is 132 Å². The molecule has 2 aromatic carbocycles. The summed E-state index contributed by atoms with van der Waals surface area (Å²) < 4.78 is 37.9. The van der Waals surface area contributed by atoms with E-state index in [4.69, 9.17) is 4.74 Å². The molecule has 3 aliphatic rings. The zero-order chi connectivity index (χ0) is 31.6. The predicted molar refractivity (Wildman–Crippen MR) is 163 cm³/mol. The molecule has 0 bridgehead atoms. The molecule has 3 saturated heterocycles. The van der Waals surface area contributed by atoms with Crippen molar-refractivity contribution in [3.8, 4) is 23.0 Å². The van der Waals surface area contributed by atoms with Crippen molar-refractivity contribution >= 4 is 33.5 Å². The fourth-order valence-corrected chi connectivity index (χ4v) is 7.83. The third-order valence-electron chi connectivity index (χ3n) is 9.71. The number of carbonyl (C=O) groups is 1. The highest BCUT2D eigenvalue weighted by atomic mass is 19.1. The van der Waals surface area contributed by atoms with E-state index in [1.54, 1.807) is 6.92 Å². The Kier molecular flexibility index (Phi) is 7.24. The fourth-order valence-electron chi connectivity index (χ4n) is 7.83. The standard InChI is InChI=1S/C33H35F2N5O5/c1-3-21-24(34)6-5-18-9-19(41)10-22(26(18)21)28-27(35)29-23(13-36-28)30(40-15-20(42)11-25(40)31(43)44)38-32(37-29)45-16-33-7-4-8-39(33)14-17(2)12-33/h5-6,9-10,13,17,20,25,41-42H,3-4,7-8,11-12,14-16H2,1-2H3,(H,43,44)/t17-,20-,25+,33+/m1/s1. The number of fused-ring (bicyclic) bond motifs is 3. The maximum absolute atomic E-state index is 16.8. The Balaban J connectivity index is 1.40. The summed E-state index contributed by atoms with van der Waals surface area (Å²) in [6.45, 7) is 6.22. The van der Waals surface area contributed by atoms with Crippen LogP contribution in [0.2, 0.25) is 0 Å². The second kappa shape index (κ2) is 11.0. The van der Waals surface area contributed by atoms with E-state index in [0.29, 0.717) is 35.3 Å². The summed E-state index contributed by atoms with van der Waals surface area (Å²) in [6, 6.07) is 4.47. The maximum atomic E-state index is 16.8. The van der Waals surface area contributed by atoms with Gasteiger partial charge < -0.3 is 25.0 Å². The van der Waals surface area contributed by atoms with E-state index < -0.39 is 29.7 Å². The first-order chi connectivity index (χ1) is 21.6. The number of carboxylic acids is 1. The summed E-state index contributed by atoms with van der Waals surface area (Å²) >= 11 is 0. The SMILES string of the molecule is CCc1c(F)ccc2cc(O)cc(-c3ncc4c(N5C[C@H](O)C[C@H]5C(=O)O)nc(OC[C@@]56CCCN5C[C@H](C)C6)nc4c3F)c12. The number of hydrogen-bond acceptors (Lipinski definition) is 9. The Morgan fingerprint density at radius 1 is 1.20 bits per heavy atom. The van der Waals surface area contributed by atoms with Crippen LogP contribution in [0.3, 0.4) is 0 Å². The van der Waals surface area contributed by atoms with Gasteiger partial charge in [0.1, 0.15) is 41.2 Å². The Labute approximate surface area is 258 Å². The number of aliphatic hydroxyl groups excluding tert-OH is 1. The van der Waals surface area contributed by atoms with Gasteiger partial charge in [0, 0.05) is 31.3 Å². The molecular formula is C33H35F2N5O5. The molecule has 5 heterocycles. The van der Waals surface area contributed by atoms with Crippen molar-refractivity contribution in [2.24, 2.45) is 5.92 Å². The Hall–Kier alpha value is -4.16. The van der Waals surface area contributed by atoms with Crippen molar-refractivity contribution in [1.82, 2.24) is 19.9 Å². The second-order valence-electron chi connectivity index (χ2n) is 12.8. The normalized spacial score (nSPS) is 25.0. The number of aryl methyl sites for hydroxylation is 1. The number of aliphatic carboxylic acids is 1. The minimum Gasteiger partial charge on any atom is -0.508 e. The molecule has 3 N–H and O–H groups in total. The van der Waals surface area contributed by atoms with E-state index in [1.165, 1.54) is 35.4 Å². The Morgan fingerprint density at radius 3 is 2.80 bits per heavy atom. The van der Waals surface area contributed by atoms with Crippen LogP contribution in [0.4, 0.5) is 14.6 Å². The molecule has 4 atom stereocenters. The minimum absolute atomic E-state index is 0.0262. The molecule has 4 aromatic rings. The first kappa shape index (κ1) is 29.5. The molecule has 0 aliphatic carbocycles. The molecule has 0 radical (unpaired) electrons. The lowest BCUT2D eigenvalue weighted by molar-refractivity contribution is -0.138. The van der Waals surface area contributed by atoms with Gasteiger partial charge >= 0.3 is 12.0 Å². The van der Waals surface area contributed by atoms with E-state index in [9.17, 15) is 24.5 Å². The number of aromatic hydroxyl groups is 1. The van der Waals surface area contributed by atoms with Crippen molar-refractivity contribution in [2.75, 3.05) is 31.1 Å². The van der Waals surface area contributed by atoms with Crippen molar-refractivity contribution in [3.63, 3.8) is 0 Å². The van der Waals surface area contributed by atoms with Crippen LogP contribution >= 0.6 is 0 Å². The molecule has 0 saturated carbocycles. The van der Waals surface area contributed by atoms with Gasteiger partial charge in [-0.25, -0.2) is 13.6 Å². The van der Waals surface area contributed by atoms with Crippen LogP contribution in [-0.4, -0.2) is 85.1 Å². The van der Waals surface area contributed by atoms with Gasteiger partial charge in [-0.2, -0.15) is 9.97 Å². The van der Waals surface area contributed by atoms with Crippen molar-refractivity contribution < 1.29 is 33.6 Å². The summed E-state index contributed by atoms with van der Waals surface area (Å²) in [7, 11) is 0. The van der Waals surface area contributed by atoms with Crippen LogP contribution in [0.5, 0.6) is 11.8 Å². The molecular weight excluding hydrogens is 584 g/mol. The molecule has 236 valence electrons. The molecule has 0 amide bonds. The quantitative estimate of drug-likeness (QED) is 0.268. The number of ether oxygens (including phenoxy) is 1. The van der Waals surface area contributed by atoms with Gasteiger partial charge in [-0.15, -0.1) is 0 Å². The first-order valence-corrected chi connectivity index (χ1v) is 15.4. The Morgan fingerprint density at radius 2 is 2.02 bits per heavy atom. The molecule has 0 spiro atoms. The number of aromatic nitrogens is 3. The Bertz CT molecular complexity index is 1840. The fraction of sp³-hybridized carbons (Fsp3) is 0.455. The van der Waals surface area contributed by atoms with Crippen LogP contribution in [0.25, 0.3) is 32.9 Å². The number of β-amino-alcohol motifs (C(OH)–C–C–N with tert-alkyl or cyclic N) is 1. The lowest BCUT2D eigenvalue weighted by atomic mass is 9.92. The van der Waals surface area contributed by atoms with Gasteiger partial charge in [-0.05, 0) is 72.7 Å². The molecule has 10 nitrogen and oxygen atoms in total. The lowest BCUT2D eigenvalue weighted by Gasteiger charge is -2.31. The van der Waals surface area contributed by atoms with E-state index in [0.717, 1.165) is 32.4 Å². The number of aliphatic hydroxyl groups is 1. The van der Waals surface area contributed by atoms with Crippen LogP contribution in [0.15, 0.2) is 30.5 Å². The average Bonchev–Trinajstić information content (AvgIpc) is 3.67. The summed E-state index contributed by atoms with van der Waals surface area (Å²) in [6.07, 6.45) is 3.69. The lowest BCUT2D eigenvalue weighted by Crippen LogP contribution is -2.43. The summed E-state index contributed by atoms with van der Waals surface area (Å²) in [5.41, 5.74) is 0.0771. The molecule has 7 rings (SSSR count). The number of rotatable bonds is 7. The van der Waals surface area contributed by atoms with Crippen LogP contribution < -0.4 is 9.64 Å². The zero-order valence-corrected chi connectivity index (χ0v) is 25.1. The molecule has 2 aromatic heterocycles. The monoisotopic (exact) mass is 619 g/mol. The van der Waals surface area contributed by atoms with E-state index in [-0.39, 0.29) is 58.2 Å². The average molecular weight is 620 g/mol. The zero-order valence-electron chi connectivity index (χ0n) is 25.1. The highest BCUT2D eigenvalue weighted by Gasteiger charge is 2.48. The van der Waals surface area contributed by atoms with Crippen molar-refractivity contribution in [1.29, 1.82) is 0 Å². The second-order valence-corrected chi connectivity index (χ2v) is 12.8. The van der Waals surface area contributed by atoms with Gasteiger partial charge in [0.05, 0.1) is 17.0 Å². The first-order valence-electron chi connectivity index (χ1n) is 15.4. The number of anilines is 1. The van der Waals surface area contributed by atoms with Gasteiger partial charge in [0.2, 0.25) is 0 Å². The highest BCUT2D eigenvalue weighted by molar-refractivity contribution is 6.02. The van der Waals surface area contributed by atoms with E-state index in [2.05, 4.69) is 26.8 Å². The van der Waals surface area contributed by atoms with Gasteiger partial charge in [-0.3, -0.25) is 9.88 Å². The number of nitrogens with zero attached hydrogens (tertiary/aromatic N) is 5. The summed E-state index contributed by atoms with van der Waals surface area (Å²) in [5, 5.41) is 32.0. The number of pyridine rings is 1. The third-order valence-corrected chi connectivity index (χ3v) is 9.71. The number of phenolic OH excluding ortho intramolecular Hbond substituents is 1.